The van der Waals surface area contributed by atoms with Crippen molar-refractivity contribution in [1.29, 1.82) is 0 Å². The molecular formula is C31H50F3N5O3Si. The summed E-state index contributed by atoms with van der Waals surface area (Å²) in [5.74, 6) is -1.33. The molecule has 3 rings (SSSR count). The minimum absolute atomic E-state index is 0.147. The second-order valence-corrected chi connectivity index (χ2v) is 18.9. The molecule has 1 N–H and O–H groups in total. The molecule has 0 spiro atoms. The second kappa shape index (κ2) is 15.4. The van der Waals surface area contributed by atoms with Gasteiger partial charge in [0.25, 0.3) is 0 Å². The highest BCUT2D eigenvalue weighted by Crippen LogP contribution is 2.38. The Labute approximate surface area is 255 Å². The molecule has 43 heavy (non-hydrogen) atoms. The van der Waals surface area contributed by atoms with Crippen molar-refractivity contribution in [3.05, 3.63) is 29.6 Å². The number of hydrogen-bond donors (Lipinski definition) is 1. The van der Waals surface area contributed by atoms with Crippen molar-refractivity contribution in [1.82, 2.24) is 14.8 Å². The third-order valence-corrected chi connectivity index (χ3v) is 9.34. The summed E-state index contributed by atoms with van der Waals surface area (Å²) in [7, 11) is -1.40. The van der Waals surface area contributed by atoms with Gasteiger partial charge < -0.3 is 19.7 Å². The van der Waals surface area contributed by atoms with Crippen LogP contribution in [0.1, 0.15) is 83.5 Å². The van der Waals surface area contributed by atoms with Crippen LogP contribution in [-0.2, 0) is 27.2 Å². The Morgan fingerprint density at radius 1 is 1.16 bits per heavy atom. The van der Waals surface area contributed by atoms with Gasteiger partial charge in [-0.3, -0.25) is 4.79 Å². The summed E-state index contributed by atoms with van der Waals surface area (Å²) in [5.41, 5.74) is 2.38. The van der Waals surface area contributed by atoms with Crippen molar-refractivity contribution in [3.63, 3.8) is 0 Å². The molecule has 1 aliphatic rings. The summed E-state index contributed by atoms with van der Waals surface area (Å²) >= 11 is 0. The fourth-order valence-electron chi connectivity index (χ4n) is 5.37. The third-order valence-electron chi connectivity index (χ3n) is 7.64. The molecule has 1 aliphatic carbocycles. The van der Waals surface area contributed by atoms with Crippen LogP contribution >= 0.6 is 0 Å². The Kier molecular flexibility index (Phi) is 12.5. The molecule has 0 saturated heterocycles. The number of nitrogens with zero attached hydrogens (tertiary/aromatic N) is 4. The number of benzene rings is 1. The Morgan fingerprint density at radius 3 is 2.47 bits per heavy atom. The van der Waals surface area contributed by atoms with Gasteiger partial charge in [-0.25, -0.2) is 4.68 Å². The van der Waals surface area contributed by atoms with Crippen molar-refractivity contribution in [3.8, 4) is 0 Å². The summed E-state index contributed by atoms with van der Waals surface area (Å²) in [5, 5.41) is 7.33. The lowest BCUT2D eigenvalue weighted by Gasteiger charge is -2.38. The number of rotatable bonds is 15. The van der Waals surface area contributed by atoms with Crippen molar-refractivity contribution < 1.29 is 27.4 Å². The minimum atomic E-state index is -4.69. The van der Waals surface area contributed by atoms with Gasteiger partial charge >= 0.3 is 12.1 Å². The second-order valence-electron chi connectivity index (χ2n) is 13.3. The number of nitrogens with one attached hydrogen (secondary N) is 1. The molecule has 0 bridgehead atoms. The molecule has 242 valence electrons. The van der Waals surface area contributed by atoms with Crippen molar-refractivity contribution in [2.24, 2.45) is 5.92 Å². The fraction of sp³-hybridized carbons (Fsp3) is 0.710. The van der Waals surface area contributed by atoms with E-state index < -0.39 is 20.1 Å². The molecule has 1 heterocycles. The molecule has 1 atom stereocenters. The predicted molar refractivity (Wildman–Crippen MR) is 168 cm³/mol. The zero-order chi connectivity index (χ0) is 31.8. The van der Waals surface area contributed by atoms with E-state index in [1.54, 1.807) is 6.92 Å². The Bertz CT molecular complexity index is 1180. The lowest BCUT2D eigenvalue weighted by molar-refractivity contribution is -0.150. The first-order chi connectivity index (χ1) is 20.2. The van der Waals surface area contributed by atoms with Gasteiger partial charge in [-0.05, 0) is 55.3 Å². The van der Waals surface area contributed by atoms with Gasteiger partial charge in [0, 0.05) is 27.3 Å². The van der Waals surface area contributed by atoms with Crippen molar-refractivity contribution in [2.75, 3.05) is 30.0 Å². The van der Waals surface area contributed by atoms with Crippen LogP contribution < -0.4 is 10.2 Å². The summed E-state index contributed by atoms with van der Waals surface area (Å²) in [6, 6.07) is 7.09. The summed E-state index contributed by atoms with van der Waals surface area (Å²) in [6.45, 7) is 15.7. The first kappa shape index (κ1) is 34.9. The fourth-order valence-corrected chi connectivity index (χ4v) is 6.13. The van der Waals surface area contributed by atoms with E-state index in [9.17, 15) is 18.0 Å². The number of esters is 1. The smallest absolute Gasteiger partial charge is 0.451 e. The van der Waals surface area contributed by atoms with E-state index in [2.05, 4.69) is 53.8 Å². The van der Waals surface area contributed by atoms with E-state index in [0.29, 0.717) is 30.9 Å². The predicted octanol–water partition coefficient (Wildman–Crippen LogP) is 8.20. The summed E-state index contributed by atoms with van der Waals surface area (Å²) in [4.78, 5) is 18.5. The number of ether oxygens (including phenoxy) is 2. The van der Waals surface area contributed by atoms with Crippen LogP contribution in [-0.4, -0.2) is 54.6 Å². The average Bonchev–Trinajstić information content (AvgIpc) is 3.33. The van der Waals surface area contributed by atoms with Crippen LogP contribution in [0, 0.1) is 5.92 Å². The Balaban J connectivity index is 1.99. The average molecular weight is 626 g/mol. The summed E-state index contributed by atoms with van der Waals surface area (Å²) < 4.78 is 53.5. The van der Waals surface area contributed by atoms with Gasteiger partial charge in [0.1, 0.15) is 6.73 Å². The number of carbonyl (C=O) groups excluding carboxylic acids is 1. The van der Waals surface area contributed by atoms with Gasteiger partial charge in [-0.1, -0.05) is 65.7 Å². The van der Waals surface area contributed by atoms with E-state index in [0.717, 1.165) is 54.2 Å². The molecular weight excluding hydrogens is 575 g/mol. The highest BCUT2D eigenvalue weighted by atomic mass is 28.3. The molecule has 0 unspecified atom stereocenters. The first-order valence-electron chi connectivity index (χ1n) is 15.6. The molecule has 0 radical (unpaired) electrons. The van der Waals surface area contributed by atoms with Gasteiger partial charge in [0.2, 0.25) is 11.8 Å². The maximum atomic E-state index is 14.0. The van der Waals surface area contributed by atoms with E-state index in [1.807, 2.05) is 25.1 Å². The molecule has 1 aromatic heterocycles. The van der Waals surface area contributed by atoms with Crippen molar-refractivity contribution in [2.45, 2.75) is 117 Å². The Hall–Kier alpha value is -2.60. The van der Waals surface area contributed by atoms with Gasteiger partial charge in [-0.2, -0.15) is 18.2 Å². The maximum Gasteiger partial charge on any atom is 0.451 e. The number of hydrogen-bond acceptors (Lipinski definition) is 7. The highest BCUT2D eigenvalue weighted by molar-refractivity contribution is 6.76. The number of halogens is 3. The first-order valence-corrected chi connectivity index (χ1v) is 19.3. The highest BCUT2D eigenvalue weighted by Gasteiger charge is 2.38. The SMILES string of the molecule is CCOC(=O)C[C@@H](C)c1ccc(N(CC(C)C)C2CCCCC2)c(Nc2nc(C(F)(F)F)n(COCC[Si](C)(C)C)n2)c1. The lowest BCUT2D eigenvalue weighted by Crippen LogP contribution is -2.39. The van der Waals surface area contributed by atoms with E-state index in [1.165, 1.54) is 6.42 Å². The number of alkyl halides is 3. The Morgan fingerprint density at radius 2 is 1.86 bits per heavy atom. The molecule has 1 aromatic carbocycles. The van der Waals surface area contributed by atoms with E-state index in [-0.39, 0.29) is 31.0 Å². The van der Waals surface area contributed by atoms with E-state index in [4.69, 9.17) is 9.47 Å². The zero-order valence-corrected chi connectivity index (χ0v) is 27.9. The van der Waals surface area contributed by atoms with E-state index >= 15 is 0 Å². The lowest BCUT2D eigenvalue weighted by atomic mass is 9.92. The molecule has 12 heteroatoms. The third kappa shape index (κ3) is 10.8. The monoisotopic (exact) mass is 625 g/mol. The van der Waals surface area contributed by atoms with Gasteiger partial charge in [-0.15, -0.1) is 5.10 Å². The molecule has 1 saturated carbocycles. The van der Waals surface area contributed by atoms with Crippen molar-refractivity contribution >= 4 is 31.4 Å². The van der Waals surface area contributed by atoms with Gasteiger partial charge in [0.15, 0.2) is 0 Å². The van der Waals surface area contributed by atoms with Crippen LogP contribution in [0.5, 0.6) is 0 Å². The standard InChI is InChI=1S/C31H50F3N5O3Si/c1-8-42-28(40)18-23(4)24-14-15-27(38(20-22(2)3)25-12-10-9-11-13-25)26(19-24)35-30-36-29(31(32,33)34)39(37-30)21-41-16-17-43(5,6)7/h14-15,19,22-23,25H,8-13,16-18,20-21H2,1-7H3,(H,35,37)/t23-/m1/s1. The maximum absolute atomic E-state index is 14.0. The molecule has 1 fully saturated rings. The molecule has 0 aliphatic heterocycles. The molecule has 2 aromatic rings. The number of anilines is 3. The van der Waals surface area contributed by atoms with Crippen LogP contribution in [0.25, 0.3) is 0 Å². The topological polar surface area (TPSA) is 81.5 Å². The van der Waals surface area contributed by atoms with Crippen LogP contribution in [0.2, 0.25) is 25.7 Å². The molecule has 0 amide bonds. The van der Waals surface area contributed by atoms with Crippen LogP contribution in [0.4, 0.5) is 30.5 Å². The zero-order valence-electron chi connectivity index (χ0n) is 26.9. The summed E-state index contributed by atoms with van der Waals surface area (Å²) in [6.07, 6.45) is 1.14. The molecule has 8 nitrogen and oxygen atoms in total. The normalized spacial score (nSPS) is 15.5. The number of aromatic nitrogens is 3. The van der Waals surface area contributed by atoms with Crippen LogP contribution in [0.3, 0.4) is 0 Å². The quantitative estimate of drug-likeness (QED) is 0.121. The largest absolute Gasteiger partial charge is 0.466 e. The minimum Gasteiger partial charge on any atom is -0.466 e. The number of carbonyl (C=O) groups is 1. The van der Waals surface area contributed by atoms with Crippen LogP contribution in [0.15, 0.2) is 18.2 Å². The van der Waals surface area contributed by atoms with Gasteiger partial charge in [0.05, 0.1) is 24.4 Å².